The molecule has 2 N–H and O–H groups in total. The Kier molecular flexibility index (Phi) is 5.95. The van der Waals surface area contributed by atoms with Gasteiger partial charge in [0.25, 0.3) is 0 Å². The molecule has 0 saturated heterocycles. The lowest BCUT2D eigenvalue weighted by Gasteiger charge is -2.10. The molecule has 7 heteroatoms. The number of carbonyl (C=O) groups is 2. The number of ether oxygens (including phenoxy) is 2. The molecule has 6 nitrogen and oxygen atoms in total. The van der Waals surface area contributed by atoms with Crippen LogP contribution in [0, 0.1) is 0 Å². The molecule has 0 aliphatic rings. The van der Waals surface area contributed by atoms with Crippen LogP contribution >= 0.6 is 11.6 Å². The number of benzene rings is 1. The first-order valence-electron chi connectivity index (χ1n) is 5.49. The summed E-state index contributed by atoms with van der Waals surface area (Å²) in [5.41, 5.74) is 0.451. The standard InChI is InChI=1S/C12H15ClN2O4/c1-18-9-5-8(6-10(7-9)19-2)14-12(17)15-11(16)3-4-13/h5-7H,3-4H2,1-2H3,(H2,14,15,16,17). The lowest BCUT2D eigenvalue weighted by molar-refractivity contribution is -0.119. The molecule has 0 aliphatic heterocycles. The number of carbonyl (C=O) groups excluding carboxylic acids is 2. The number of alkyl halides is 1. The van der Waals surface area contributed by atoms with E-state index in [0.717, 1.165) is 0 Å². The van der Waals surface area contributed by atoms with Gasteiger partial charge in [-0.15, -0.1) is 11.6 Å². The van der Waals surface area contributed by atoms with E-state index in [1.165, 1.54) is 14.2 Å². The maximum Gasteiger partial charge on any atom is 0.325 e. The van der Waals surface area contributed by atoms with E-state index >= 15 is 0 Å². The van der Waals surface area contributed by atoms with Crippen LogP contribution in [0.3, 0.4) is 0 Å². The summed E-state index contributed by atoms with van der Waals surface area (Å²) in [6, 6.07) is 4.25. The Bertz CT molecular complexity index is 443. The second-order valence-electron chi connectivity index (χ2n) is 3.54. The molecule has 104 valence electrons. The van der Waals surface area contributed by atoms with E-state index < -0.39 is 11.9 Å². The fourth-order valence-electron chi connectivity index (χ4n) is 1.32. The minimum atomic E-state index is -0.634. The Hall–Kier alpha value is -1.95. The number of hydrogen-bond donors (Lipinski definition) is 2. The predicted molar refractivity (Wildman–Crippen MR) is 72.0 cm³/mol. The van der Waals surface area contributed by atoms with Gasteiger partial charge in [0.1, 0.15) is 11.5 Å². The summed E-state index contributed by atoms with van der Waals surface area (Å²) in [5, 5.41) is 4.66. The van der Waals surface area contributed by atoms with Gasteiger partial charge in [-0.2, -0.15) is 0 Å². The minimum absolute atomic E-state index is 0.0798. The van der Waals surface area contributed by atoms with Crippen LogP contribution in [0.4, 0.5) is 10.5 Å². The number of methoxy groups -OCH3 is 2. The molecular weight excluding hydrogens is 272 g/mol. The molecule has 1 aromatic rings. The number of urea groups is 1. The lowest BCUT2D eigenvalue weighted by Crippen LogP contribution is -2.34. The first-order valence-corrected chi connectivity index (χ1v) is 6.02. The van der Waals surface area contributed by atoms with Crippen LogP contribution in [0.1, 0.15) is 6.42 Å². The van der Waals surface area contributed by atoms with E-state index in [0.29, 0.717) is 17.2 Å². The van der Waals surface area contributed by atoms with Gasteiger partial charge in [-0.1, -0.05) is 0 Å². The number of rotatable bonds is 5. The molecule has 1 aromatic carbocycles. The second-order valence-corrected chi connectivity index (χ2v) is 3.92. The maximum absolute atomic E-state index is 11.5. The zero-order valence-electron chi connectivity index (χ0n) is 10.7. The summed E-state index contributed by atoms with van der Waals surface area (Å²) in [7, 11) is 3.01. The summed E-state index contributed by atoms with van der Waals surface area (Å²) in [4.78, 5) is 22.7. The summed E-state index contributed by atoms with van der Waals surface area (Å²) >= 11 is 5.39. The van der Waals surface area contributed by atoms with Gasteiger partial charge in [0.2, 0.25) is 5.91 Å². The van der Waals surface area contributed by atoms with Crippen LogP contribution in [0.2, 0.25) is 0 Å². The fourth-order valence-corrected chi connectivity index (χ4v) is 1.49. The highest BCUT2D eigenvalue weighted by molar-refractivity contribution is 6.19. The summed E-state index contributed by atoms with van der Waals surface area (Å²) in [6.07, 6.45) is 0.0798. The van der Waals surface area contributed by atoms with Crippen molar-refractivity contribution in [2.45, 2.75) is 6.42 Å². The van der Waals surface area contributed by atoms with Crippen LogP contribution in [-0.2, 0) is 4.79 Å². The van der Waals surface area contributed by atoms with Gasteiger partial charge in [-0.3, -0.25) is 10.1 Å². The van der Waals surface area contributed by atoms with Crippen molar-refractivity contribution in [3.05, 3.63) is 18.2 Å². The number of hydrogen-bond acceptors (Lipinski definition) is 4. The van der Waals surface area contributed by atoms with Crippen LogP contribution in [0.15, 0.2) is 18.2 Å². The summed E-state index contributed by atoms with van der Waals surface area (Å²) < 4.78 is 10.1. The highest BCUT2D eigenvalue weighted by Crippen LogP contribution is 2.25. The van der Waals surface area contributed by atoms with Crippen molar-refractivity contribution in [1.29, 1.82) is 0 Å². The van der Waals surface area contributed by atoms with Gasteiger partial charge < -0.3 is 14.8 Å². The van der Waals surface area contributed by atoms with Crippen LogP contribution in [0.5, 0.6) is 11.5 Å². The molecule has 0 radical (unpaired) electrons. The molecule has 0 saturated carbocycles. The zero-order chi connectivity index (χ0) is 14.3. The highest BCUT2D eigenvalue weighted by atomic mass is 35.5. The molecule has 0 aliphatic carbocycles. The number of amides is 3. The summed E-state index contributed by atoms with van der Waals surface area (Å²) in [6.45, 7) is 0. The van der Waals surface area contributed by atoms with Crippen molar-refractivity contribution < 1.29 is 19.1 Å². The third-order valence-corrected chi connectivity index (χ3v) is 2.37. The Morgan fingerprint density at radius 3 is 2.21 bits per heavy atom. The fraction of sp³-hybridized carbons (Fsp3) is 0.333. The Balaban J connectivity index is 2.70. The monoisotopic (exact) mass is 286 g/mol. The van der Waals surface area contributed by atoms with Crippen molar-refractivity contribution in [1.82, 2.24) is 5.32 Å². The van der Waals surface area contributed by atoms with E-state index in [1.807, 2.05) is 0 Å². The predicted octanol–water partition coefficient (Wildman–Crippen LogP) is 1.98. The van der Waals surface area contributed by atoms with Gasteiger partial charge >= 0.3 is 6.03 Å². The molecule has 0 fully saturated rings. The zero-order valence-corrected chi connectivity index (χ0v) is 11.4. The van der Waals surface area contributed by atoms with E-state index in [-0.39, 0.29) is 12.3 Å². The molecule has 0 atom stereocenters. The molecule has 3 amide bonds. The lowest BCUT2D eigenvalue weighted by atomic mass is 10.3. The largest absolute Gasteiger partial charge is 0.497 e. The van der Waals surface area contributed by atoms with Crippen molar-refractivity contribution in [3.8, 4) is 11.5 Å². The molecule has 1 rings (SSSR count). The molecule has 0 bridgehead atoms. The number of anilines is 1. The first-order chi connectivity index (χ1) is 9.08. The van der Waals surface area contributed by atoms with E-state index in [4.69, 9.17) is 21.1 Å². The Morgan fingerprint density at radius 2 is 1.74 bits per heavy atom. The smallest absolute Gasteiger partial charge is 0.325 e. The average molecular weight is 287 g/mol. The van der Waals surface area contributed by atoms with Gasteiger partial charge in [0, 0.05) is 36.2 Å². The van der Waals surface area contributed by atoms with E-state index in [2.05, 4.69) is 10.6 Å². The second kappa shape index (κ2) is 7.48. The van der Waals surface area contributed by atoms with Gasteiger partial charge in [-0.05, 0) is 0 Å². The highest BCUT2D eigenvalue weighted by Gasteiger charge is 2.09. The molecule has 0 heterocycles. The van der Waals surface area contributed by atoms with Crippen molar-refractivity contribution >= 4 is 29.2 Å². The van der Waals surface area contributed by atoms with Crippen molar-refractivity contribution in [2.75, 3.05) is 25.4 Å². The van der Waals surface area contributed by atoms with Crippen LogP contribution in [0.25, 0.3) is 0 Å². The Morgan fingerprint density at radius 1 is 1.16 bits per heavy atom. The first kappa shape index (κ1) is 15.1. The molecule has 19 heavy (non-hydrogen) atoms. The SMILES string of the molecule is COc1cc(NC(=O)NC(=O)CCCl)cc(OC)c1. The number of halogens is 1. The third-order valence-electron chi connectivity index (χ3n) is 2.18. The maximum atomic E-state index is 11.5. The van der Waals surface area contributed by atoms with Crippen LogP contribution < -0.4 is 20.1 Å². The number of nitrogens with one attached hydrogen (secondary N) is 2. The van der Waals surface area contributed by atoms with Crippen molar-refractivity contribution in [3.63, 3.8) is 0 Å². The summed E-state index contributed by atoms with van der Waals surface area (Å²) in [5.74, 6) is 0.775. The van der Waals surface area contributed by atoms with Gasteiger partial charge in [-0.25, -0.2) is 4.79 Å². The van der Waals surface area contributed by atoms with Gasteiger partial charge in [0.15, 0.2) is 0 Å². The minimum Gasteiger partial charge on any atom is -0.497 e. The third kappa shape index (κ3) is 5.05. The molecule has 0 aromatic heterocycles. The van der Waals surface area contributed by atoms with E-state index in [9.17, 15) is 9.59 Å². The number of imide groups is 1. The normalized spacial score (nSPS) is 9.63. The van der Waals surface area contributed by atoms with E-state index in [1.54, 1.807) is 18.2 Å². The van der Waals surface area contributed by atoms with Crippen molar-refractivity contribution in [2.24, 2.45) is 0 Å². The van der Waals surface area contributed by atoms with Gasteiger partial charge in [0.05, 0.1) is 14.2 Å². The quantitative estimate of drug-likeness (QED) is 0.812. The topological polar surface area (TPSA) is 76.7 Å². The van der Waals surface area contributed by atoms with Crippen LogP contribution in [-0.4, -0.2) is 32.0 Å². The average Bonchev–Trinajstić information content (AvgIpc) is 2.38. The molecular formula is C12H15ClN2O4. The molecule has 0 unspecified atom stereocenters. The molecule has 0 spiro atoms. The Labute approximate surface area is 116 Å².